The van der Waals surface area contributed by atoms with Gasteiger partial charge in [0.25, 0.3) is 12.8 Å². The first-order valence-corrected chi connectivity index (χ1v) is 4.79. The second-order valence-corrected chi connectivity index (χ2v) is 3.53. The van der Waals surface area contributed by atoms with Gasteiger partial charge in [0.2, 0.25) is 0 Å². The molecule has 0 rings (SSSR count). The molecule has 94 valence electrons. The summed E-state index contributed by atoms with van der Waals surface area (Å²) in [7, 11) is 1.85. The molecule has 0 radical (unpaired) electrons. The van der Waals surface area contributed by atoms with Gasteiger partial charge in [-0.05, 0) is 13.8 Å². The van der Waals surface area contributed by atoms with Crippen molar-refractivity contribution >= 4 is 0 Å². The molecule has 0 saturated heterocycles. The number of quaternary nitrogens is 1. The third-order valence-electron chi connectivity index (χ3n) is 2.85. The molecule has 0 aliphatic heterocycles. The van der Waals surface area contributed by atoms with Crippen LogP contribution < -0.4 is 24.0 Å². The van der Waals surface area contributed by atoms with Gasteiger partial charge in [0.05, 0.1) is 20.1 Å². The van der Waals surface area contributed by atoms with E-state index in [4.69, 9.17) is 0 Å². The van der Waals surface area contributed by atoms with Crippen molar-refractivity contribution in [1.82, 2.24) is 0 Å². The molecule has 0 aromatic rings. The molecule has 0 heterocycles. The molecule has 0 bridgehead atoms. The molecule has 0 N–H and O–H groups in total. The number of ether oxygens (including phenoxy) is 1. The highest BCUT2D eigenvalue weighted by atomic mass is 127. The second-order valence-electron chi connectivity index (χ2n) is 3.53. The van der Waals surface area contributed by atoms with Gasteiger partial charge in [-0.3, -0.25) is 4.74 Å². The Balaban J connectivity index is 0. The van der Waals surface area contributed by atoms with Gasteiger partial charge in [0.1, 0.15) is 0 Å². The van der Waals surface area contributed by atoms with E-state index in [0.29, 0.717) is 17.6 Å². The maximum absolute atomic E-state index is 12.6. The summed E-state index contributed by atoms with van der Waals surface area (Å²) in [6.45, 7) is 6.88. The van der Waals surface area contributed by atoms with Crippen LogP contribution in [0.2, 0.25) is 0 Å². The predicted octanol–water partition coefficient (Wildman–Crippen LogP) is -0.600. The molecule has 0 aromatic heterocycles. The van der Waals surface area contributed by atoms with Crippen LogP contribution in [0, 0.1) is 0 Å². The van der Waals surface area contributed by atoms with E-state index >= 15 is 0 Å². The SMILES string of the molecule is CC[N+](C)(CC)C(C)OC(F)C(F)F.[I-]. The standard InChI is InChI=1S/C9H19F3NO.HI/c1-5-13(4,6-2)7(3)14-9(12)8(10)11;/h7-9H,5-6H2,1-4H3;1H/q+1;/p-1. The van der Waals surface area contributed by atoms with Crippen molar-refractivity contribution < 1.29 is 46.4 Å². The summed E-state index contributed by atoms with van der Waals surface area (Å²) in [5, 5.41) is 0. The second kappa shape index (κ2) is 7.67. The van der Waals surface area contributed by atoms with Crippen LogP contribution in [0.1, 0.15) is 20.8 Å². The Morgan fingerprint density at radius 1 is 1.13 bits per heavy atom. The topological polar surface area (TPSA) is 9.23 Å². The Kier molecular flexibility index (Phi) is 9.11. The summed E-state index contributed by atoms with van der Waals surface area (Å²) < 4.78 is 41.4. The van der Waals surface area contributed by atoms with Crippen molar-refractivity contribution in [3.8, 4) is 0 Å². The maximum atomic E-state index is 12.6. The van der Waals surface area contributed by atoms with E-state index in [-0.39, 0.29) is 24.0 Å². The van der Waals surface area contributed by atoms with Gasteiger partial charge in [0.15, 0.2) is 6.23 Å². The van der Waals surface area contributed by atoms with Crippen LogP contribution in [-0.4, -0.2) is 43.6 Å². The molecule has 2 atom stereocenters. The van der Waals surface area contributed by atoms with E-state index in [9.17, 15) is 13.2 Å². The molecule has 0 aromatic carbocycles. The van der Waals surface area contributed by atoms with Crippen molar-refractivity contribution in [1.29, 1.82) is 0 Å². The van der Waals surface area contributed by atoms with E-state index in [1.807, 2.05) is 20.9 Å². The fourth-order valence-electron chi connectivity index (χ4n) is 1.13. The molecule has 0 amide bonds. The summed E-state index contributed by atoms with van der Waals surface area (Å²) in [6.07, 6.45) is -6.12. The van der Waals surface area contributed by atoms with E-state index in [0.717, 1.165) is 0 Å². The third-order valence-corrected chi connectivity index (χ3v) is 2.85. The van der Waals surface area contributed by atoms with Gasteiger partial charge in [-0.1, -0.05) is 0 Å². The number of nitrogens with zero attached hydrogens (tertiary/aromatic N) is 1. The maximum Gasteiger partial charge on any atom is 0.293 e. The fraction of sp³-hybridized carbons (Fsp3) is 1.00. The van der Waals surface area contributed by atoms with E-state index in [1.165, 1.54) is 0 Å². The van der Waals surface area contributed by atoms with E-state index in [2.05, 4.69) is 4.74 Å². The molecule has 2 unspecified atom stereocenters. The zero-order valence-corrected chi connectivity index (χ0v) is 11.7. The minimum absolute atomic E-state index is 0. The number of hydrogen-bond donors (Lipinski definition) is 0. The normalized spacial score (nSPS) is 16.0. The monoisotopic (exact) mass is 341 g/mol. The van der Waals surface area contributed by atoms with Gasteiger partial charge in [-0.2, -0.15) is 0 Å². The lowest BCUT2D eigenvalue weighted by Gasteiger charge is -2.38. The van der Waals surface area contributed by atoms with Crippen LogP contribution in [-0.2, 0) is 4.74 Å². The molecule has 6 heteroatoms. The minimum atomic E-state index is -3.07. The lowest BCUT2D eigenvalue weighted by molar-refractivity contribution is -0.951. The molecule has 0 aliphatic carbocycles. The van der Waals surface area contributed by atoms with Crippen LogP contribution in [0.15, 0.2) is 0 Å². The first-order chi connectivity index (χ1) is 6.37. The van der Waals surface area contributed by atoms with Crippen LogP contribution in [0.25, 0.3) is 0 Å². The van der Waals surface area contributed by atoms with Crippen LogP contribution in [0.4, 0.5) is 13.2 Å². The lowest BCUT2D eigenvalue weighted by Crippen LogP contribution is -3.00. The number of rotatable bonds is 6. The highest BCUT2D eigenvalue weighted by molar-refractivity contribution is 4.46. The average Bonchev–Trinajstić information content (AvgIpc) is 2.16. The zero-order valence-electron chi connectivity index (χ0n) is 9.51. The first kappa shape index (κ1) is 17.8. The van der Waals surface area contributed by atoms with Gasteiger partial charge in [0, 0.05) is 6.92 Å². The van der Waals surface area contributed by atoms with Crippen molar-refractivity contribution in [2.45, 2.75) is 39.8 Å². The van der Waals surface area contributed by atoms with Gasteiger partial charge < -0.3 is 28.5 Å². The summed E-state index contributed by atoms with van der Waals surface area (Å²) >= 11 is 0. The number of halogens is 4. The quantitative estimate of drug-likeness (QED) is 0.356. The Hall–Kier alpha value is 0.440. The van der Waals surface area contributed by atoms with Crippen LogP contribution >= 0.6 is 0 Å². The van der Waals surface area contributed by atoms with Crippen LogP contribution in [0.5, 0.6) is 0 Å². The third kappa shape index (κ3) is 5.35. The molecule has 0 spiro atoms. The summed E-state index contributed by atoms with van der Waals surface area (Å²) in [4.78, 5) is 0. The highest BCUT2D eigenvalue weighted by Gasteiger charge is 2.31. The summed E-state index contributed by atoms with van der Waals surface area (Å²) in [6, 6.07) is 0. The summed E-state index contributed by atoms with van der Waals surface area (Å²) in [5.74, 6) is 0. The van der Waals surface area contributed by atoms with Crippen molar-refractivity contribution in [2.75, 3.05) is 20.1 Å². The molecular formula is C9H19F3INO. The zero-order chi connectivity index (χ0) is 11.4. The largest absolute Gasteiger partial charge is 1.00 e. The smallest absolute Gasteiger partial charge is 0.293 e. The summed E-state index contributed by atoms with van der Waals surface area (Å²) in [5.41, 5.74) is 0. The van der Waals surface area contributed by atoms with Gasteiger partial charge >= 0.3 is 0 Å². The van der Waals surface area contributed by atoms with E-state index < -0.39 is 19.0 Å². The fourth-order valence-corrected chi connectivity index (χ4v) is 1.13. The van der Waals surface area contributed by atoms with E-state index in [1.54, 1.807) is 6.92 Å². The molecule has 0 aliphatic rings. The Labute approximate surface area is 106 Å². The molecule has 15 heavy (non-hydrogen) atoms. The lowest BCUT2D eigenvalue weighted by atomic mass is 10.3. The molecule has 0 fully saturated rings. The Morgan fingerprint density at radius 3 is 1.80 bits per heavy atom. The minimum Gasteiger partial charge on any atom is -1.00 e. The van der Waals surface area contributed by atoms with Gasteiger partial charge in [-0.25, -0.2) is 13.2 Å². The van der Waals surface area contributed by atoms with Crippen molar-refractivity contribution in [3.05, 3.63) is 0 Å². The first-order valence-electron chi connectivity index (χ1n) is 4.79. The Morgan fingerprint density at radius 2 is 1.53 bits per heavy atom. The average molecular weight is 341 g/mol. The number of alkyl halides is 3. The van der Waals surface area contributed by atoms with Crippen molar-refractivity contribution in [2.24, 2.45) is 0 Å². The molecular weight excluding hydrogens is 322 g/mol. The highest BCUT2D eigenvalue weighted by Crippen LogP contribution is 2.16. The van der Waals surface area contributed by atoms with Gasteiger partial charge in [-0.15, -0.1) is 0 Å². The molecule has 0 saturated carbocycles. The number of hydrogen-bond acceptors (Lipinski definition) is 1. The molecule has 2 nitrogen and oxygen atoms in total. The predicted molar refractivity (Wildman–Crippen MR) is 48.7 cm³/mol. The van der Waals surface area contributed by atoms with Crippen LogP contribution in [0.3, 0.4) is 0 Å². The Bertz CT molecular complexity index is 167. The van der Waals surface area contributed by atoms with Crippen molar-refractivity contribution in [3.63, 3.8) is 0 Å².